The van der Waals surface area contributed by atoms with Crippen molar-refractivity contribution >= 4 is 0 Å². The molecule has 0 radical (unpaired) electrons. The molecule has 2 aromatic carbocycles. The average Bonchev–Trinajstić information content (AvgIpc) is 2.46. The van der Waals surface area contributed by atoms with Gasteiger partial charge in [-0.05, 0) is 47.7 Å². The number of hydrogen-bond donors (Lipinski definition) is 0. The zero-order chi connectivity index (χ0) is 14.4. The van der Waals surface area contributed by atoms with Gasteiger partial charge in [0.15, 0.2) is 0 Å². The summed E-state index contributed by atoms with van der Waals surface area (Å²) in [5.74, 6) is 2.46. The van der Waals surface area contributed by atoms with E-state index in [4.69, 9.17) is 9.47 Å². The van der Waals surface area contributed by atoms with Crippen LogP contribution in [-0.2, 0) is 13.0 Å². The third kappa shape index (κ3) is 4.30. The van der Waals surface area contributed by atoms with Crippen molar-refractivity contribution in [1.29, 1.82) is 0 Å². The maximum absolute atomic E-state index is 5.78. The van der Waals surface area contributed by atoms with Gasteiger partial charge in [-0.2, -0.15) is 0 Å². The molecule has 0 heterocycles. The molecule has 0 saturated heterocycles. The van der Waals surface area contributed by atoms with Crippen LogP contribution in [0.25, 0.3) is 0 Å². The van der Waals surface area contributed by atoms with Crippen LogP contribution in [0.4, 0.5) is 0 Å². The molecule has 0 saturated carbocycles. The molecule has 0 aliphatic carbocycles. The van der Waals surface area contributed by atoms with Gasteiger partial charge in [0, 0.05) is 0 Å². The third-order valence-corrected chi connectivity index (χ3v) is 3.13. The molecule has 0 bridgehead atoms. The van der Waals surface area contributed by atoms with E-state index in [0.717, 1.165) is 23.5 Å². The Morgan fingerprint density at radius 2 is 1.35 bits per heavy atom. The summed E-state index contributed by atoms with van der Waals surface area (Å²) in [4.78, 5) is 0. The number of benzene rings is 2. The van der Waals surface area contributed by atoms with E-state index in [0.29, 0.717) is 12.5 Å². The fraction of sp³-hybridized carbons (Fsp3) is 0.333. The molecule has 0 atom stereocenters. The quantitative estimate of drug-likeness (QED) is 0.771. The van der Waals surface area contributed by atoms with Crippen LogP contribution >= 0.6 is 0 Å². The molecule has 20 heavy (non-hydrogen) atoms. The van der Waals surface area contributed by atoms with Gasteiger partial charge in [-0.15, -0.1) is 0 Å². The summed E-state index contributed by atoms with van der Waals surface area (Å²) in [6.45, 7) is 5.04. The first-order chi connectivity index (χ1) is 9.67. The molecule has 106 valence electrons. The molecule has 2 heteroatoms. The van der Waals surface area contributed by atoms with E-state index >= 15 is 0 Å². The molecule has 0 aliphatic rings. The lowest BCUT2D eigenvalue weighted by atomic mass is 10.0. The highest BCUT2D eigenvalue weighted by Gasteiger charge is 2.00. The summed E-state index contributed by atoms with van der Waals surface area (Å²) in [7, 11) is 1.67. The average molecular weight is 270 g/mol. The van der Waals surface area contributed by atoms with Gasteiger partial charge in [0.2, 0.25) is 0 Å². The molecule has 0 aliphatic heterocycles. The van der Waals surface area contributed by atoms with Gasteiger partial charge in [0.25, 0.3) is 0 Å². The summed E-state index contributed by atoms with van der Waals surface area (Å²) in [6.07, 6.45) is 1.11. The van der Waals surface area contributed by atoms with Gasteiger partial charge in [-0.1, -0.05) is 38.1 Å². The van der Waals surface area contributed by atoms with E-state index in [-0.39, 0.29) is 0 Å². The summed E-state index contributed by atoms with van der Waals surface area (Å²) < 4.78 is 10.9. The number of ether oxygens (including phenoxy) is 2. The molecule has 0 aromatic heterocycles. The third-order valence-electron chi connectivity index (χ3n) is 3.13. The minimum absolute atomic E-state index is 0.577. The summed E-state index contributed by atoms with van der Waals surface area (Å²) in [5.41, 5.74) is 2.49. The largest absolute Gasteiger partial charge is 0.497 e. The highest BCUT2D eigenvalue weighted by molar-refractivity contribution is 5.29. The van der Waals surface area contributed by atoms with Crippen molar-refractivity contribution in [2.45, 2.75) is 26.9 Å². The Morgan fingerprint density at radius 1 is 0.800 bits per heavy atom. The second-order valence-corrected chi connectivity index (χ2v) is 5.38. The fourth-order valence-corrected chi connectivity index (χ4v) is 2.08. The molecule has 0 spiro atoms. The highest BCUT2D eigenvalue weighted by atomic mass is 16.5. The van der Waals surface area contributed by atoms with E-state index in [1.807, 2.05) is 36.4 Å². The molecule has 0 unspecified atom stereocenters. The minimum Gasteiger partial charge on any atom is -0.497 e. The van der Waals surface area contributed by atoms with E-state index in [1.165, 1.54) is 5.56 Å². The first kappa shape index (κ1) is 14.4. The van der Waals surface area contributed by atoms with E-state index in [9.17, 15) is 0 Å². The number of hydrogen-bond acceptors (Lipinski definition) is 2. The lowest BCUT2D eigenvalue weighted by Gasteiger charge is -2.09. The van der Waals surface area contributed by atoms with Crippen LogP contribution in [0.1, 0.15) is 25.0 Å². The van der Waals surface area contributed by atoms with Crippen LogP contribution in [0.15, 0.2) is 48.5 Å². The zero-order valence-electron chi connectivity index (χ0n) is 12.4. The van der Waals surface area contributed by atoms with Crippen LogP contribution in [0, 0.1) is 5.92 Å². The zero-order valence-corrected chi connectivity index (χ0v) is 12.4. The second kappa shape index (κ2) is 6.99. The van der Waals surface area contributed by atoms with Gasteiger partial charge in [-0.3, -0.25) is 0 Å². The van der Waals surface area contributed by atoms with Crippen molar-refractivity contribution in [3.63, 3.8) is 0 Å². The van der Waals surface area contributed by atoms with E-state index in [1.54, 1.807) is 7.11 Å². The van der Waals surface area contributed by atoms with Gasteiger partial charge in [0.05, 0.1) is 7.11 Å². The number of rotatable bonds is 6. The Labute approximate surface area is 121 Å². The minimum atomic E-state index is 0.577. The van der Waals surface area contributed by atoms with Crippen LogP contribution in [0.2, 0.25) is 0 Å². The van der Waals surface area contributed by atoms with Crippen LogP contribution in [0.5, 0.6) is 11.5 Å². The molecular formula is C18H22O2. The first-order valence-electron chi connectivity index (χ1n) is 7.02. The summed E-state index contributed by atoms with van der Waals surface area (Å²) in [6, 6.07) is 16.3. The fourth-order valence-electron chi connectivity index (χ4n) is 2.08. The lowest BCUT2D eigenvalue weighted by Crippen LogP contribution is -1.97. The second-order valence-electron chi connectivity index (χ2n) is 5.38. The summed E-state index contributed by atoms with van der Waals surface area (Å²) in [5, 5.41) is 0. The van der Waals surface area contributed by atoms with Crippen molar-refractivity contribution in [1.82, 2.24) is 0 Å². The predicted molar refractivity (Wildman–Crippen MR) is 82.3 cm³/mol. The first-order valence-corrected chi connectivity index (χ1v) is 7.02. The monoisotopic (exact) mass is 270 g/mol. The maximum atomic E-state index is 5.78. The standard InChI is InChI=1S/C18H22O2/c1-14(2)12-15-4-10-18(11-5-15)20-13-16-6-8-17(19-3)9-7-16/h4-11,14H,12-13H2,1-3H3. The van der Waals surface area contributed by atoms with Crippen molar-refractivity contribution in [3.05, 3.63) is 59.7 Å². The Bertz CT molecular complexity index is 512. The summed E-state index contributed by atoms with van der Waals surface area (Å²) >= 11 is 0. The molecule has 0 amide bonds. The molecule has 2 aromatic rings. The van der Waals surface area contributed by atoms with Crippen molar-refractivity contribution in [2.24, 2.45) is 5.92 Å². The topological polar surface area (TPSA) is 18.5 Å². The van der Waals surface area contributed by atoms with Gasteiger partial charge < -0.3 is 9.47 Å². The SMILES string of the molecule is COc1ccc(COc2ccc(CC(C)C)cc2)cc1. The smallest absolute Gasteiger partial charge is 0.119 e. The Morgan fingerprint density at radius 3 is 1.90 bits per heavy atom. The normalized spacial score (nSPS) is 10.6. The van der Waals surface area contributed by atoms with Crippen molar-refractivity contribution in [3.8, 4) is 11.5 Å². The van der Waals surface area contributed by atoms with Gasteiger partial charge in [-0.25, -0.2) is 0 Å². The van der Waals surface area contributed by atoms with Gasteiger partial charge in [0.1, 0.15) is 18.1 Å². The van der Waals surface area contributed by atoms with E-state index < -0.39 is 0 Å². The highest BCUT2D eigenvalue weighted by Crippen LogP contribution is 2.17. The molecule has 2 nitrogen and oxygen atoms in total. The molecular weight excluding hydrogens is 248 g/mol. The lowest BCUT2D eigenvalue weighted by molar-refractivity contribution is 0.306. The predicted octanol–water partition coefficient (Wildman–Crippen LogP) is 4.47. The van der Waals surface area contributed by atoms with Crippen LogP contribution < -0.4 is 9.47 Å². The Balaban J connectivity index is 1.89. The van der Waals surface area contributed by atoms with Gasteiger partial charge >= 0.3 is 0 Å². The number of methoxy groups -OCH3 is 1. The Hall–Kier alpha value is -1.96. The van der Waals surface area contributed by atoms with Crippen LogP contribution in [-0.4, -0.2) is 7.11 Å². The molecule has 0 fully saturated rings. The molecule has 2 rings (SSSR count). The molecule has 0 N–H and O–H groups in total. The Kier molecular flexibility index (Phi) is 5.05. The van der Waals surface area contributed by atoms with E-state index in [2.05, 4.69) is 26.0 Å². The van der Waals surface area contributed by atoms with Crippen molar-refractivity contribution < 1.29 is 9.47 Å². The van der Waals surface area contributed by atoms with Crippen molar-refractivity contribution in [2.75, 3.05) is 7.11 Å². The van der Waals surface area contributed by atoms with Crippen LogP contribution in [0.3, 0.4) is 0 Å². The maximum Gasteiger partial charge on any atom is 0.119 e.